The third kappa shape index (κ3) is 4.53. The van der Waals surface area contributed by atoms with Crippen molar-refractivity contribution in [2.24, 2.45) is 0 Å². The Morgan fingerprint density at radius 1 is 0.424 bits per heavy atom. The average molecular weight is 447 g/mol. The van der Waals surface area contributed by atoms with Crippen LogP contribution >= 0.6 is 0 Å². The summed E-state index contributed by atoms with van der Waals surface area (Å²) in [5, 5.41) is 3.86. The molecule has 0 nitrogen and oxygen atoms in total. The molecule has 0 saturated heterocycles. The topological polar surface area (TPSA) is 0 Å². The Morgan fingerprint density at radius 3 is 1.24 bits per heavy atom. The molecule has 0 bridgehead atoms. The Morgan fingerprint density at radius 2 is 0.788 bits per heavy atom. The number of hydrogen-bond donors (Lipinski definition) is 0. The van der Waals surface area contributed by atoms with Gasteiger partial charge in [0.1, 0.15) is 5.82 Å². The standard InChI is InChI=1S/C31H27FSi/c1-33(2,3)31-18-14-23(15-19-31)22-4-6-24(7-5-22)27-10-8-26-9-11-28(21-29(26)20-27)25-12-16-30(32)17-13-25/h4-21H,1-3H3. The van der Waals surface area contributed by atoms with Crippen LogP contribution in [0.5, 0.6) is 0 Å². The lowest BCUT2D eigenvalue weighted by molar-refractivity contribution is 0.628. The summed E-state index contributed by atoms with van der Waals surface area (Å²) in [5.74, 6) is -0.211. The van der Waals surface area contributed by atoms with Gasteiger partial charge in [-0.25, -0.2) is 4.39 Å². The minimum Gasteiger partial charge on any atom is -0.207 e. The molecule has 0 radical (unpaired) electrons. The highest BCUT2D eigenvalue weighted by Gasteiger charge is 2.15. The van der Waals surface area contributed by atoms with Gasteiger partial charge < -0.3 is 0 Å². The predicted octanol–water partition coefficient (Wildman–Crippen LogP) is 8.53. The smallest absolute Gasteiger partial charge is 0.123 e. The third-order valence-corrected chi connectivity index (χ3v) is 8.39. The largest absolute Gasteiger partial charge is 0.207 e. The van der Waals surface area contributed by atoms with E-state index in [1.165, 1.54) is 50.3 Å². The molecule has 0 spiro atoms. The van der Waals surface area contributed by atoms with Gasteiger partial charge in [0.2, 0.25) is 0 Å². The molecule has 0 N–H and O–H groups in total. The molecule has 162 valence electrons. The van der Waals surface area contributed by atoms with Gasteiger partial charge in [-0.3, -0.25) is 0 Å². The molecule has 0 unspecified atom stereocenters. The molecular formula is C31H27FSi. The summed E-state index contributed by atoms with van der Waals surface area (Å²) in [4.78, 5) is 0. The zero-order chi connectivity index (χ0) is 23.0. The molecule has 0 fully saturated rings. The first-order valence-electron chi connectivity index (χ1n) is 11.4. The first kappa shape index (κ1) is 21.4. The van der Waals surface area contributed by atoms with Crippen LogP contribution in [-0.2, 0) is 0 Å². The summed E-state index contributed by atoms with van der Waals surface area (Å²) < 4.78 is 13.3. The van der Waals surface area contributed by atoms with Crippen molar-refractivity contribution in [2.45, 2.75) is 19.6 Å². The Labute approximate surface area is 196 Å². The summed E-state index contributed by atoms with van der Waals surface area (Å²) in [5.41, 5.74) is 7.00. The van der Waals surface area contributed by atoms with E-state index in [-0.39, 0.29) is 5.82 Å². The number of benzene rings is 5. The van der Waals surface area contributed by atoms with Crippen molar-refractivity contribution in [1.29, 1.82) is 0 Å². The Balaban J connectivity index is 1.44. The minimum absolute atomic E-state index is 0.211. The SMILES string of the molecule is C[Si](C)(C)c1ccc(-c2ccc(-c3ccc4ccc(-c5ccc(F)cc5)cc4c3)cc2)cc1. The van der Waals surface area contributed by atoms with Gasteiger partial charge in [-0.2, -0.15) is 0 Å². The van der Waals surface area contributed by atoms with Crippen molar-refractivity contribution in [1.82, 2.24) is 0 Å². The first-order chi connectivity index (χ1) is 15.9. The van der Waals surface area contributed by atoms with E-state index in [2.05, 4.69) is 105 Å². The van der Waals surface area contributed by atoms with Crippen molar-refractivity contribution in [3.05, 3.63) is 115 Å². The summed E-state index contributed by atoms with van der Waals surface area (Å²) in [7, 11) is -1.28. The average Bonchev–Trinajstić information content (AvgIpc) is 2.83. The van der Waals surface area contributed by atoms with Gasteiger partial charge in [0.05, 0.1) is 8.07 Å². The minimum atomic E-state index is -1.28. The summed E-state index contributed by atoms with van der Waals surface area (Å²) in [6.07, 6.45) is 0. The molecule has 0 amide bonds. The maximum Gasteiger partial charge on any atom is 0.123 e. The predicted molar refractivity (Wildman–Crippen MR) is 143 cm³/mol. The molecule has 0 aliphatic rings. The van der Waals surface area contributed by atoms with Gasteiger partial charge >= 0.3 is 0 Å². The van der Waals surface area contributed by atoms with Gasteiger partial charge in [0.25, 0.3) is 0 Å². The van der Waals surface area contributed by atoms with Gasteiger partial charge in [-0.05, 0) is 68.4 Å². The molecule has 5 rings (SSSR count). The first-order valence-corrected chi connectivity index (χ1v) is 14.9. The molecule has 0 saturated carbocycles. The van der Waals surface area contributed by atoms with Gasteiger partial charge in [0, 0.05) is 0 Å². The van der Waals surface area contributed by atoms with E-state index < -0.39 is 8.07 Å². The van der Waals surface area contributed by atoms with Crippen LogP contribution in [0.3, 0.4) is 0 Å². The van der Waals surface area contributed by atoms with E-state index in [9.17, 15) is 4.39 Å². The van der Waals surface area contributed by atoms with Crippen LogP contribution < -0.4 is 5.19 Å². The molecule has 0 aliphatic heterocycles. The van der Waals surface area contributed by atoms with E-state index in [1.54, 1.807) is 0 Å². The molecule has 0 aliphatic carbocycles. The van der Waals surface area contributed by atoms with E-state index >= 15 is 0 Å². The number of hydrogen-bond acceptors (Lipinski definition) is 0. The van der Waals surface area contributed by atoms with E-state index in [4.69, 9.17) is 0 Å². The van der Waals surface area contributed by atoms with Crippen molar-refractivity contribution in [3.8, 4) is 33.4 Å². The Bertz CT molecular complexity index is 1410. The van der Waals surface area contributed by atoms with Crippen LogP contribution in [0.2, 0.25) is 19.6 Å². The van der Waals surface area contributed by atoms with E-state index in [0.29, 0.717) is 0 Å². The normalized spacial score (nSPS) is 11.6. The van der Waals surface area contributed by atoms with Crippen LogP contribution in [0.1, 0.15) is 0 Å². The van der Waals surface area contributed by atoms with E-state index in [1.807, 2.05) is 12.1 Å². The maximum atomic E-state index is 13.3. The van der Waals surface area contributed by atoms with Crippen molar-refractivity contribution >= 4 is 24.0 Å². The third-order valence-electron chi connectivity index (χ3n) is 6.32. The zero-order valence-corrected chi connectivity index (χ0v) is 20.3. The fourth-order valence-corrected chi connectivity index (χ4v) is 5.43. The quantitative estimate of drug-likeness (QED) is 0.243. The maximum absolute atomic E-state index is 13.3. The van der Waals surface area contributed by atoms with Crippen LogP contribution in [0.15, 0.2) is 109 Å². The second-order valence-electron chi connectivity index (χ2n) is 9.69. The zero-order valence-electron chi connectivity index (χ0n) is 19.3. The van der Waals surface area contributed by atoms with Crippen LogP contribution in [0, 0.1) is 5.82 Å². The lowest BCUT2D eigenvalue weighted by Crippen LogP contribution is -2.37. The second-order valence-corrected chi connectivity index (χ2v) is 14.8. The van der Waals surface area contributed by atoms with Crippen LogP contribution in [0.25, 0.3) is 44.2 Å². The van der Waals surface area contributed by atoms with Crippen molar-refractivity contribution in [3.63, 3.8) is 0 Å². The highest BCUT2D eigenvalue weighted by molar-refractivity contribution is 6.88. The fourth-order valence-electron chi connectivity index (χ4n) is 4.27. The highest BCUT2D eigenvalue weighted by atomic mass is 28.3. The monoisotopic (exact) mass is 446 g/mol. The molecule has 0 atom stereocenters. The molecule has 0 aromatic heterocycles. The van der Waals surface area contributed by atoms with Gasteiger partial charge in [-0.1, -0.05) is 110 Å². The lowest BCUT2D eigenvalue weighted by atomic mass is 9.96. The molecule has 33 heavy (non-hydrogen) atoms. The molecular weight excluding hydrogens is 419 g/mol. The molecule has 0 heterocycles. The number of fused-ring (bicyclic) bond motifs is 1. The van der Waals surface area contributed by atoms with Crippen molar-refractivity contribution < 1.29 is 4.39 Å². The molecule has 5 aromatic rings. The van der Waals surface area contributed by atoms with E-state index in [0.717, 1.165) is 11.1 Å². The highest BCUT2D eigenvalue weighted by Crippen LogP contribution is 2.30. The van der Waals surface area contributed by atoms with Crippen molar-refractivity contribution in [2.75, 3.05) is 0 Å². The summed E-state index contributed by atoms with van der Waals surface area (Å²) in [6, 6.07) is 37.6. The Hall–Kier alpha value is -3.49. The van der Waals surface area contributed by atoms with Crippen LogP contribution in [-0.4, -0.2) is 8.07 Å². The number of halogens is 1. The lowest BCUT2D eigenvalue weighted by Gasteiger charge is -2.16. The van der Waals surface area contributed by atoms with Gasteiger partial charge in [-0.15, -0.1) is 0 Å². The number of rotatable bonds is 4. The summed E-state index contributed by atoms with van der Waals surface area (Å²) in [6.45, 7) is 7.13. The van der Waals surface area contributed by atoms with Crippen LogP contribution in [0.4, 0.5) is 4.39 Å². The molecule has 2 heteroatoms. The summed E-state index contributed by atoms with van der Waals surface area (Å²) >= 11 is 0. The Kier molecular flexibility index (Phi) is 5.47. The second kappa shape index (κ2) is 8.46. The van der Waals surface area contributed by atoms with Gasteiger partial charge in [0.15, 0.2) is 0 Å². The fraction of sp³-hybridized carbons (Fsp3) is 0.0968. The molecule has 5 aromatic carbocycles.